The number of aryl methyl sites for hydroxylation is 1. The average Bonchev–Trinajstić information content (AvgIpc) is 3.10. The summed E-state index contributed by atoms with van der Waals surface area (Å²) in [5, 5.41) is 5.43. The fourth-order valence-corrected chi connectivity index (χ4v) is 7.75. The number of rotatable bonds is 6. The number of hydrogen-bond donors (Lipinski definition) is 1. The molecular formula is C29H36N2. The van der Waals surface area contributed by atoms with Crippen molar-refractivity contribution in [3.8, 4) is 0 Å². The monoisotopic (exact) mass is 412 g/mol. The van der Waals surface area contributed by atoms with Gasteiger partial charge in [0.05, 0.1) is 0 Å². The molecule has 1 atom stereocenters. The molecule has 0 radical (unpaired) electrons. The summed E-state index contributed by atoms with van der Waals surface area (Å²) < 4.78 is 2.45. The molecular weight excluding hydrogens is 376 g/mol. The van der Waals surface area contributed by atoms with Crippen molar-refractivity contribution < 1.29 is 0 Å². The summed E-state index contributed by atoms with van der Waals surface area (Å²) in [6.07, 6.45) is 11.4. The first-order chi connectivity index (χ1) is 15.1. The first-order valence-corrected chi connectivity index (χ1v) is 12.4. The van der Waals surface area contributed by atoms with Gasteiger partial charge in [-0.2, -0.15) is 0 Å². The van der Waals surface area contributed by atoms with Gasteiger partial charge in [0, 0.05) is 36.2 Å². The third-order valence-corrected chi connectivity index (χ3v) is 9.08. The Morgan fingerprint density at radius 3 is 2.26 bits per heavy atom. The lowest BCUT2D eigenvalue weighted by Gasteiger charge is -2.59. The third kappa shape index (κ3) is 3.44. The number of nitrogens with one attached hydrogen (secondary N) is 1. The highest BCUT2D eigenvalue weighted by atomic mass is 15.0. The molecule has 1 N–H and O–H groups in total. The van der Waals surface area contributed by atoms with Crippen molar-refractivity contribution in [3.05, 3.63) is 71.4 Å². The van der Waals surface area contributed by atoms with Gasteiger partial charge in [-0.25, -0.2) is 0 Å². The Hall–Kier alpha value is -2.06. The second kappa shape index (κ2) is 7.52. The van der Waals surface area contributed by atoms with Crippen LogP contribution in [-0.2, 0) is 13.1 Å². The first kappa shape index (κ1) is 19.6. The van der Waals surface area contributed by atoms with E-state index in [1.54, 1.807) is 0 Å². The summed E-state index contributed by atoms with van der Waals surface area (Å²) in [7, 11) is 0. The fraction of sp³-hybridized carbons (Fsp3) is 0.517. The van der Waals surface area contributed by atoms with E-state index in [0.717, 1.165) is 30.8 Å². The molecule has 2 nitrogen and oxygen atoms in total. The number of nitrogens with zero attached hydrogens (tertiary/aromatic N) is 1. The van der Waals surface area contributed by atoms with Gasteiger partial charge in [-0.3, -0.25) is 0 Å². The standard InChI is InChI=1S/C29H36N2/c1-20-7-3-4-8-25(20)18-31-19-26(27-9-5-6-10-28(27)31)17-30-21(2)29-14-22-11-23(15-29)13-24(12-22)16-29/h3-10,19,21-24,30H,11-18H2,1-2H3/t21-,22?,23?,24?,29?/m1/s1. The molecule has 0 unspecified atom stereocenters. The zero-order chi connectivity index (χ0) is 21.0. The van der Waals surface area contributed by atoms with Crippen molar-refractivity contribution in [2.24, 2.45) is 23.2 Å². The van der Waals surface area contributed by atoms with Gasteiger partial charge >= 0.3 is 0 Å². The van der Waals surface area contributed by atoms with Crippen LogP contribution < -0.4 is 5.32 Å². The number of fused-ring (bicyclic) bond motifs is 1. The number of hydrogen-bond acceptors (Lipinski definition) is 1. The van der Waals surface area contributed by atoms with Crippen molar-refractivity contribution in [2.75, 3.05) is 0 Å². The van der Waals surface area contributed by atoms with E-state index in [1.165, 1.54) is 66.1 Å². The molecule has 4 saturated carbocycles. The molecule has 0 saturated heterocycles. The van der Waals surface area contributed by atoms with Crippen molar-refractivity contribution in [3.63, 3.8) is 0 Å². The molecule has 4 aliphatic carbocycles. The van der Waals surface area contributed by atoms with Crippen LogP contribution in [0.5, 0.6) is 0 Å². The molecule has 162 valence electrons. The zero-order valence-electron chi connectivity index (χ0n) is 19.1. The van der Waals surface area contributed by atoms with Crippen molar-refractivity contribution >= 4 is 10.9 Å². The van der Waals surface area contributed by atoms with E-state index in [4.69, 9.17) is 0 Å². The topological polar surface area (TPSA) is 17.0 Å². The molecule has 0 spiro atoms. The lowest BCUT2D eigenvalue weighted by molar-refractivity contribution is -0.0706. The van der Waals surface area contributed by atoms with Gasteiger partial charge in [0.25, 0.3) is 0 Å². The van der Waals surface area contributed by atoms with E-state index >= 15 is 0 Å². The highest BCUT2D eigenvalue weighted by molar-refractivity contribution is 5.84. The van der Waals surface area contributed by atoms with E-state index in [1.807, 2.05) is 0 Å². The lowest BCUT2D eigenvalue weighted by Crippen LogP contribution is -2.54. The van der Waals surface area contributed by atoms with Gasteiger partial charge in [0.1, 0.15) is 0 Å². The Labute approximate surface area is 187 Å². The Morgan fingerprint density at radius 2 is 1.55 bits per heavy atom. The minimum absolute atomic E-state index is 0.564. The summed E-state index contributed by atoms with van der Waals surface area (Å²) in [4.78, 5) is 0. The number of aromatic nitrogens is 1. The molecule has 3 aromatic rings. The molecule has 1 aromatic heterocycles. The summed E-state index contributed by atoms with van der Waals surface area (Å²) in [5.41, 5.74) is 6.14. The van der Waals surface area contributed by atoms with E-state index in [0.29, 0.717) is 11.5 Å². The van der Waals surface area contributed by atoms with Crippen LogP contribution in [0.2, 0.25) is 0 Å². The first-order valence-electron chi connectivity index (χ1n) is 12.4. The minimum atomic E-state index is 0.564. The molecule has 7 rings (SSSR count). The zero-order valence-corrected chi connectivity index (χ0v) is 19.1. The number of para-hydroxylation sites is 1. The Bertz CT molecular complexity index is 1060. The van der Waals surface area contributed by atoms with Gasteiger partial charge in [-0.15, -0.1) is 0 Å². The molecule has 4 bridgehead atoms. The van der Waals surface area contributed by atoms with E-state index in [-0.39, 0.29) is 0 Å². The maximum atomic E-state index is 4.02. The third-order valence-electron chi connectivity index (χ3n) is 9.08. The van der Waals surface area contributed by atoms with Crippen LogP contribution in [0.4, 0.5) is 0 Å². The SMILES string of the molecule is Cc1ccccc1Cn1cc(CN[C@H](C)C23CC4CC(CC(C4)C2)C3)c2ccccc21. The van der Waals surface area contributed by atoms with Crippen LogP contribution >= 0.6 is 0 Å². The van der Waals surface area contributed by atoms with Crippen molar-refractivity contribution in [1.82, 2.24) is 9.88 Å². The minimum Gasteiger partial charge on any atom is -0.343 e. The summed E-state index contributed by atoms with van der Waals surface area (Å²) in [6.45, 7) is 6.62. The van der Waals surface area contributed by atoms with Crippen molar-refractivity contribution in [2.45, 2.75) is 71.5 Å². The molecule has 31 heavy (non-hydrogen) atoms. The Balaban J connectivity index is 1.23. The molecule has 2 aromatic carbocycles. The van der Waals surface area contributed by atoms with Crippen LogP contribution in [0.15, 0.2) is 54.7 Å². The van der Waals surface area contributed by atoms with Crippen molar-refractivity contribution in [1.29, 1.82) is 0 Å². The lowest BCUT2D eigenvalue weighted by atomic mass is 9.48. The van der Waals surface area contributed by atoms with Crippen LogP contribution in [0.1, 0.15) is 62.1 Å². The molecule has 0 amide bonds. The predicted octanol–water partition coefficient (Wildman–Crippen LogP) is 6.69. The molecule has 0 aliphatic heterocycles. The summed E-state index contributed by atoms with van der Waals surface area (Å²) in [6, 6.07) is 18.3. The van der Waals surface area contributed by atoms with E-state index in [9.17, 15) is 0 Å². The molecule has 4 aliphatic rings. The van der Waals surface area contributed by atoms with Gasteiger partial charge in [-0.1, -0.05) is 42.5 Å². The largest absolute Gasteiger partial charge is 0.343 e. The highest BCUT2D eigenvalue weighted by Gasteiger charge is 2.52. The summed E-state index contributed by atoms with van der Waals surface area (Å²) >= 11 is 0. The Kier molecular flexibility index (Phi) is 4.76. The maximum absolute atomic E-state index is 4.02. The van der Waals surface area contributed by atoms with E-state index in [2.05, 4.69) is 78.5 Å². The average molecular weight is 413 g/mol. The predicted molar refractivity (Wildman–Crippen MR) is 129 cm³/mol. The van der Waals surface area contributed by atoms with Crippen LogP contribution in [0.25, 0.3) is 10.9 Å². The normalized spacial score (nSPS) is 30.2. The smallest absolute Gasteiger partial charge is 0.0486 e. The van der Waals surface area contributed by atoms with Crippen LogP contribution in [0, 0.1) is 30.1 Å². The molecule has 4 fully saturated rings. The fourth-order valence-electron chi connectivity index (χ4n) is 7.75. The van der Waals surface area contributed by atoms with Crippen LogP contribution in [0.3, 0.4) is 0 Å². The van der Waals surface area contributed by atoms with Gasteiger partial charge in [0.15, 0.2) is 0 Å². The quantitative estimate of drug-likeness (QED) is 0.477. The second-order valence-corrected chi connectivity index (χ2v) is 11.1. The second-order valence-electron chi connectivity index (χ2n) is 11.1. The number of benzene rings is 2. The maximum Gasteiger partial charge on any atom is 0.0486 e. The molecule has 1 heterocycles. The highest BCUT2D eigenvalue weighted by Crippen LogP contribution is 2.61. The summed E-state index contributed by atoms with van der Waals surface area (Å²) in [5.74, 6) is 3.06. The van der Waals surface area contributed by atoms with E-state index < -0.39 is 0 Å². The Morgan fingerprint density at radius 1 is 0.903 bits per heavy atom. The van der Waals surface area contributed by atoms with Gasteiger partial charge < -0.3 is 9.88 Å². The van der Waals surface area contributed by atoms with Gasteiger partial charge in [-0.05, 0) is 98.3 Å². The molecule has 2 heteroatoms. The van der Waals surface area contributed by atoms with Gasteiger partial charge in [0.2, 0.25) is 0 Å². The van der Waals surface area contributed by atoms with Crippen LogP contribution in [-0.4, -0.2) is 10.6 Å².